The number of hydrogen-bond donors (Lipinski definition) is 4. The van der Waals surface area contributed by atoms with Crippen molar-refractivity contribution >= 4 is 29.5 Å². The van der Waals surface area contributed by atoms with Gasteiger partial charge in [0.1, 0.15) is 28.9 Å². The van der Waals surface area contributed by atoms with Gasteiger partial charge >= 0.3 is 5.97 Å². The lowest BCUT2D eigenvalue weighted by Gasteiger charge is -2.49. The number of carboxylic acids is 1. The number of fused-ring (bicyclic) bond motifs is 1. The number of nitrogens with one attached hydrogen (secondary N) is 1. The van der Waals surface area contributed by atoms with Crippen LogP contribution in [0.1, 0.15) is 18.5 Å². The van der Waals surface area contributed by atoms with Crippen LogP contribution in [0, 0.1) is 0 Å². The average Bonchev–Trinajstić information content (AvgIpc) is 2.64. The average molecular weight is 389 g/mol. The number of phenols is 1. The second-order valence-corrected chi connectivity index (χ2v) is 7.25. The highest BCUT2D eigenvalue weighted by Crippen LogP contribution is 2.40. The van der Waals surface area contributed by atoms with Gasteiger partial charge in [0.2, 0.25) is 5.91 Å². The number of amides is 2. The highest BCUT2D eigenvalue weighted by Gasteiger charge is 2.54. The van der Waals surface area contributed by atoms with E-state index >= 15 is 0 Å². The molecule has 3 atom stereocenters. The molecule has 1 aromatic rings. The predicted molar refractivity (Wildman–Crippen MR) is 99.5 cm³/mol. The Kier molecular flexibility index (Phi) is 5.24. The number of aromatic hydroxyl groups is 1. The van der Waals surface area contributed by atoms with Gasteiger partial charge in [-0.25, -0.2) is 4.79 Å². The summed E-state index contributed by atoms with van der Waals surface area (Å²) in [4.78, 5) is 37.7. The molecule has 1 saturated heterocycles. The lowest BCUT2D eigenvalue weighted by atomic mass is 10.0. The van der Waals surface area contributed by atoms with Crippen molar-refractivity contribution in [1.82, 2.24) is 10.2 Å². The number of aliphatic carboxylic acids is 1. The zero-order chi connectivity index (χ0) is 19.7. The number of thioether (sulfide) groups is 1. The zero-order valence-corrected chi connectivity index (χ0v) is 15.3. The van der Waals surface area contributed by atoms with E-state index in [0.717, 1.165) is 0 Å². The number of allylic oxidation sites excluding steroid dienone is 2. The first-order valence-electron chi connectivity index (χ1n) is 8.24. The number of hydrogen-bond acceptors (Lipinski definition) is 6. The molecular formula is C18H19N3O5S. The van der Waals surface area contributed by atoms with Gasteiger partial charge in [0.15, 0.2) is 0 Å². The molecule has 2 aliphatic rings. The Morgan fingerprint density at radius 2 is 2.19 bits per heavy atom. The number of benzene rings is 1. The van der Waals surface area contributed by atoms with Crippen LogP contribution < -0.4 is 11.1 Å². The zero-order valence-electron chi connectivity index (χ0n) is 14.5. The molecule has 0 saturated carbocycles. The minimum atomic E-state index is -1.18. The summed E-state index contributed by atoms with van der Waals surface area (Å²) in [5, 5.41) is 21.1. The summed E-state index contributed by atoms with van der Waals surface area (Å²) in [6.07, 6.45) is 3.39. The molecule has 0 spiro atoms. The molecule has 1 aromatic carbocycles. The molecule has 1 unspecified atom stereocenters. The molecule has 0 radical (unpaired) electrons. The molecule has 3 rings (SSSR count). The maximum atomic E-state index is 12.5. The number of phenolic OH excluding ortho intramolecular Hbond substituents is 1. The van der Waals surface area contributed by atoms with Crippen LogP contribution in [-0.2, 0) is 14.4 Å². The Hall–Kier alpha value is -2.78. The van der Waals surface area contributed by atoms with Gasteiger partial charge in [0.05, 0.1) is 0 Å². The van der Waals surface area contributed by atoms with Crippen LogP contribution in [0.4, 0.5) is 0 Å². The third-order valence-electron chi connectivity index (χ3n) is 4.38. The summed E-state index contributed by atoms with van der Waals surface area (Å²) in [7, 11) is 0. The number of β-lactam (4-membered cyclic amide) rings is 1. The van der Waals surface area contributed by atoms with E-state index in [9.17, 15) is 24.6 Å². The van der Waals surface area contributed by atoms with Gasteiger partial charge in [-0.15, -0.1) is 11.8 Å². The standard InChI is InChI=1S/C18H19N3O5S/c1-2-4-10-8-27-17-13(16(24)21(17)14(10)18(25)26)20-15(23)12(19)9-5-3-6-11(22)7-9/h2-7,12-13,17,22H,8,19H2,1H3,(H,20,23)(H,25,26)/t12?,13-,17+/m1/s1. The van der Waals surface area contributed by atoms with Crippen LogP contribution in [0.5, 0.6) is 5.75 Å². The SMILES string of the molecule is CC=CC1=C(C(=O)O)N2C(=O)[C@@H](NC(=O)C(N)c3cccc(O)c3)[C@@H]2SC1. The molecule has 0 bridgehead atoms. The molecule has 0 aliphatic carbocycles. The maximum absolute atomic E-state index is 12.5. The Morgan fingerprint density at radius 1 is 1.44 bits per heavy atom. The van der Waals surface area contributed by atoms with E-state index in [4.69, 9.17) is 5.73 Å². The number of rotatable bonds is 5. The second-order valence-electron chi connectivity index (χ2n) is 6.15. The molecule has 5 N–H and O–H groups in total. The van der Waals surface area contributed by atoms with E-state index in [1.165, 1.54) is 28.8 Å². The fraction of sp³-hybridized carbons (Fsp3) is 0.278. The summed E-state index contributed by atoms with van der Waals surface area (Å²) < 4.78 is 0. The molecule has 1 fully saturated rings. The van der Waals surface area contributed by atoms with Gasteiger partial charge in [-0.2, -0.15) is 0 Å². The van der Waals surface area contributed by atoms with E-state index in [2.05, 4.69) is 5.32 Å². The third kappa shape index (κ3) is 3.43. The first-order valence-corrected chi connectivity index (χ1v) is 9.28. The van der Waals surface area contributed by atoms with E-state index < -0.39 is 35.2 Å². The van der Waals surface area contributed by atoms with Crippen molar-refractivity contribution in [3.05, 3.63) is 53.3 Å². The first kappa shape index (κ1) is 19.0. The summed E-state index contributed by atoms with van der Waals surface area (Å²) in [5.74, 6) is -1.83. The number of carbonyl (C=O) groups excluding carboxylic acids is 2. The van der Waals surface area contributed by atoms with E-state index in [1.807, 2.05) is 0 Å². The van der Waals surface area contributed by atoms with Gasteiger partial charge in [0.25, 0.3) is 5.91 Å². The van der Waals surface area contributed by atoms with Crippen LogP contribution >= 0.6 is 11.8 Å². The van der Waals surface area contributed by atoms with Crippen molar-refractivity contribution in [1.29, 1.82) is 0 Å². The number of carbonyl (C=O) groups is 3. The molecule has 142 valence electrons. The van der Waals surface area contributed by atoms with Crippen molar-refractivity contribution in [2.24, 2.45) is 5.73 Å². The van der Waals surface area contributed by atoms with Crippen molar-refractivity contribution in [3.63, 3.8) is 0 Å². The van der Waals surface area contributed by atoms with E-state index in [1.54, 1.807) is 31.2 Å². The Bertz CT molecular complexity index is 866. The minimum absolute atomic E-state index is 0.0165. The highest BCUT2D eigenvalue weighted by molar-refractivity contribution is 8.00. The summed E-state index contributed by atoms with van der Waals surface area (Å²) in [6, 6.07) is 4.11. The number of carboxylic acid groups (broad SMARTS) is 1. The molecule has 2 aliphatic heterocycles. The van der Waals surface area contributed by atoms with Crippen LogP contribution in [0.25, 0.3) is 0 Å². The Morgan fingerprint density at radius 3 is 2.81 bits per heavy atom. The highest BCUT2D eigenvalue weighted by atomic mass is 32.2. The molecule has 9 heteroatoms. The first-order chi connectivity index (χ1) is 12.8. The smallest absolute Gasteiger partial charge is 0.352 e. The maximum Gasteiger partial charge on any atom is 0.352 e. The molecule has 8 nitrogen and oxygen atoms in total. The van der Waals surface area contributed by atoms with Crippen molar-refractivity contribution in [2.45, 2.75) is 24.4 Å². The molecule has 0 aromatic heterocycles. The van der Waals surface area contributed by atoms with Gasteiger partial charge in [-0.3, -0.25) is 14.5 Å². The lowest BCUT2D eigenvalue weighted by molar-refractivity contribution is -0.150. The van der Waals surface area contributed by atoms with Crippen LogP contribution in [-0.4, -0.2) is 50.1 Å². The van der Waals surface area contributed by atoms with Gasteiger partial charge in [-0.05, 0) is 30.2 Å². The van der Waals surface area contributed by atoms with Crippen LogP contribution in [0.2, 0.25) is 0 Å². The largest absolute Gasteiger partial charge is 0.508 e. The van der Waals surface area contributed by atoms with Crippen molar-refractivity contribution < 1.29 is 24.6 Å². The fourth-order valence-electron chi connectivity index (χ4n) is 3.08. The predicted octanol–water partition coefficient (Wildman–Crippen LogP) is 0.707. The Balaban J connectivity index is 1.75. The third-order valence-corrected chi connectivity index (χ3v) is 5.68. The monoisotopic (exact) mass is 389 g/mol. The second kappa shape index (κ2) is 7.45. The lowest BCUT2D eigenvalue weighted by Crippen LogP contribution is -2.71. The molecule has 2 amide bonds. The van der Waals surface area contributed by atoms with E-state index in [-0.39, 0.29) is 11.4 Å². The molecule has 2 heterocycles. The van der Waals surface area contributed by atoms with Gasteiger partial charge in [0, 0.05) is 5.75 Å². The summed E-state index contributed by atoms with van der Waals surface area (Å²) >= 11 is 1.38. The van der Waals surface area contributed by atoms with Crippen LogP contribution in [0.15, 0.2) is 47.7 Å². The van der Waals surface area contributed by atoms with Crippen molar-refractivity contribution in [3.8, 4) is 5.75 Å². The summed E-state index contributed by atoms with van der Waals surface area (Å²) in [5.41, 5.74) is 6.83. The topological polar surface area (TPSA) is 133 Å². The summed E-state index contributed by atoms with van der Waals surface area (Å²) in [6.45, 7) is 1.77. The normalized spacial score (nSPS) is 23.0. The van der Waals surface area contributed by atoms with Crippen LogP contribution in [0.3, 0.4) is 0 Å². The van der Waals surface area contributed by atoms with Gasteiger partial charge in [-0.1, -0.05) is 24.3 Å². The van der Waals surface area contributed by atoms with Gasteiger partial charge < -0.3 is 21.3 Å². The molecule has 27 heavy (non-hydrogen) atoms. The van der Waals surface area contributed by atoms with E-state index in [0.29, 0.717) is 16.9 Å². The number of nitrogens with zero attached hydrogens (tertiary/aromatic N) is 1. The molecular weight excluding hydrogens is 370 g/mol. The fourth-order valence-corrected chi connectivity index (χ4v) is 4.40. The van der Waals surface area contributed by atoms with Crippen molar-refractivity contribution in [2.75, 3.05) is 5.75 Å². The number of nitrogens with two attached hydrogens (primary N) is 1. The minimum Gasteiger partial charge on any atom is -0.508 e. The Labute approximate surface area is 159 Å². The quantitative estimate of drug-likeness (QED) is 0.545.